The molecule has 3 heterocycles. The minimum Gasteiger partial charge on any atom is -0.368 e. The van der Waals surface area contributed by atoms with E-state index in [1.54, 1.807) is 0 Å². The lowest BCUT2D eigenvalue weighted by atomic mass is 10.1. The van der Waals surface area contributed by atoms with Crippen molar-refractivity contribution in [2.45, 2.75) is 52.2 Å². The van der Waals surface area contributed by atoms with Crippen LogP contribution in [0.1, 0.15) is 38.2 Å². The van der Waals surface area contributed by atoms with Gasteiger partial charge in [0.2, 0.25) is 0 Å². The van der Waals surface area contributed by atoms with Crippen LogP contribution in [0.15, 0.2) is 24.3 Å². The number of carbonyl (C=O) groups excluding carboxylic acids is 1. The first-order valence-electron chi connectivity index (χ1n) is 9.36. The molecule has 1 aliphatic heterocycles. The number of fused-ring (bicyclic) bond motifs is 2. The second-order valence-corrected chi connectivity index (χ2v) is 6.92. The molecule has 1 atom stereocenters. The Morgan fingerprint density at radius 1 is 1.42 bits per heavy atom. The molecule has 1 aliphatic rings. The Bertz CT molecular complexity index is 957. The maximum atomic E-state index is 12.5. The summed E-state index contributed by atoms with van der Waals surface area (Å²) < 4.78 is 7.41. The van der Waals surface area contributed by atoms with Gasteiger partial charge in [-0.25, -0.2) is 9.67 Å². The zero-order chi connectivity index (χ0) is 18.1. The SMILES string of the molecule is CCCCn1nc(NC(=O)C2CCCO2)c2cc3cccc(C)c3nc21. The van der Waals surface area contributed by atoms with Gasteiger partial charge in [0, 0.05) is 18.5 Å². The number of amides is 1. The standard InChI is InChI=1S/C20H24N4O2/c1-3-4-10-24-19-15(12-14-8-5-7-13(2)17(14)21-19)18(23-24)22-20(25)16-9-6-11-26-16/h5,7-8,12,16H,3-4,6,9-11H2,1-2H3,(H,22,23,25). The third-order valence-corrected chi connectivity index (χ3v) is 4.93. The van der Waals surface area contributed by atoms with E-state index in [2.05, 4.69) is 36.4 Å². The molecule has 0 bridgehead atoms. The molecule has 1 amide bonds. The summed E-state index contributed by atoms with van der Waals surface area (Å²) in [6, 6.07) is 8.21. The van der Waals surface area contributed by atoms with Crippen LogP contribution >= 0.6 is 0 Å². The molecule has 1 fully saturated rings. The smallest absolute Gasteiger partial charge is 0.254 e. The Labute approximate surface area is 152 Å². The van der Waals surface area contributed by atoms with E-state index >= 15 is 0 Å². The molecule has 0 saturated carbocycles. The number of benzene rings is 1. The topological polar surface area (TPSA) is 69.0 Å². The van der Waals surface area contributed by atoms with E-state index in [1.165, 1.54) is 0 Å². The van der Waals surface area contributed by atoms with Crippen molar-refractivity contribution in [3.63, 3.8) is 0 Å². The zero-order valence-corrected chi connectivity index (χ0v) is 15.3. The molecule has 2 aromatic heterocycles. The van der Waals surface area contributed by atoms with Gasteiger partial charge in [-0.15, -0.1) is 0 Å². The minimum absolute atomic E-state index is 0.117. The lowest BCUT2D eigenvalue weighted by molar-refractivity contribution is -0.124. The molecule has 4 rings (SSSR count). The summed E-state index contributed by atoms with van der Waals surface area (Å²) in [4.78, 5) is 17.4. The van der Waals surface area contributed by atoms with E-state index in [0.717, 1.165) is 59.7 Å². The normalized spacial score (nSPS) is 17.2. The number of rotatable bonds is 5. The van der Waals surface area contributed by atoms with E-state index in [-0.39, 0.29) is 12.0 Å². The van der Waals surface area contributed by atoms with E-state index in [4.69, 9.17) is 9.72 Å². The van der Waals surface area contributed by atoms with Crippen molar-refractivity contribution in [2.24, 2.45) is 0 Å². The highest BCUT2D eigenvalue weighted by Gasteiger charge is 2.25. The van der Waals surface area contributed by atoms with Gasteiger partial charge in [-0.2, -0.15) is 5.10 Å². The second-order valence-electron chi connectivity index (χ2n) is 6.92. The molecule has 0 spiro atoms. The number of aryl methyl sites for hydroxylation is 2. The van der Waals surface area contributed by atoms with E-state index < -0.39 is 0 Å². The number of anilines is 1. The number of pyridine rings is 1. The molecule has 0 radical (unpaired) electrons. The Morgan fingerprint density at radius 2 is 2.31 bits per heavy atom. The minimum atomic E-state index is -0.374. The van der Waals surface area contributed by atoms with Crippen LogP contribution in [0.4, 0.5) is 5.82 Å². The Morgan fingerprint density at radius 3 is 3.08 bits per heavy atom. The van der Waals surface area contributed by atoms with Crippen LogP contribution in [-0.4, -0.2) is 33.4 Å². The van der Waals surface area contributed by atoms with E-state index in [9.17, 15) is 4.79 Å². The molecule has 26 heavy (non-hydrogen) atoms. The zero-order valence-electron chi connectivity index (χ0n) is 15.3. The second kappa shape index (κ2) is 7.03. The van der Waals surface area contributed by atoms with Gasteiger partial charge in [-0.1, -0.05) is 31.5 Å². The molecule has 1 N–H and O–H groups in total. The highest BCUT2D eigenvalue weighted by Crippen LogP contribution is 2.28. The molecule has 1 unspecified atom stereocenters. The van der Waals surface area contributed by atoms with Crippen molar-refractivity contribution in [1.29, 1.82) is 0 Å². The van der Waals surface area contributed by atoms with Gasteiger partial charge < -0.3 is 10.1 Å². The van der Waals surface area contributed by atoms with Crippen LogP contribution in [-0.2, 0) is 16.1 Å². The fourth-order valence-corrected chi connectivity index (χ4v) is 3.47. The van der Waals surface area contributed by atoms with Crippen molar-refractivity contribution in [3.8, 4) is 0 Å². The number of hydrogen-bond donors (Lipinski definition) is 1. The Balaban J connectivity index is 1.79. The summed E-state index contributed by atoms with van der Waals surface area (Å²) in [6.45, 7) is 5.65. The number of nitrogens with one attached hydrogen (secondary N) is 1. The molecular weight excluding hydrogens is 328 g/mol. The van der Waals surface area contributed by atoms with Gasteiger partial charge >= 0.3 is 0 Å². The predicted molar refractivity (Wildman–Crippen MR) is 102 cm³/mol. The lowest BCUT2D eigenvalue weighted by Crippen LogP contribution is -2.27. The van der Waals surface area contributed by atoms with Gasteiger partial charge in [0.05, 0.1) is 10.9 Å². The van der Waals surface area contributed by atoms with Gasteiger partial charge in [0.1, 0.15) is 6.10 Å². The molecule has 1 aromatic carbocycles. The fourth-order valence-electron chi connectivity index (χ4n) is 3.47. The number of para-hydroxylation sites is 1. The fraction of sp³-hybridized carbons (Fsp3) is 0.450. The molecule has 0 aliphatic carbocycles. The van der Waals surface area contributed by atoms with Crippen LogP contribution in [0.25, 0.3) is 21.9 Å². The van der Waals surface area contributed by atoms with Crippen molar-refractivity contribution in [2.75, 3.05) is 11.9 Å². The molecule has 6 nitrogen and oxygen atoms in total. The molecule has 6 heteroatoms. The van der Waals surface area contributed by atoms with Crippen LogP contribution in [0.3, 0.4) is 0 Å². The average molecular weight is 352 g/mol. The van der Waals surface area contributed by atoms with Crippen LogP contribution in [0.2, 0.25) is 0 Å². The lowest BCUT2D eigenvalue weighted by Gasteiger charge is -2.08. The van der Waals surface area contributed by atoms with Crippen LogP contribution in [0.5, 0.6) is 0 Å². The molecule has 3 aromatic rings. The van der Waals surface area contributed by atoms with Crippen LogP contribution < -0.4 is 5.32 Å². The number of ether oxygens (including phenoxy) is 1. The first kappa shape index (κ1) is 17.0. The number of nitrogens with zero attached hydrogens (tertiary/aromatic N) is 3. The number of aromatic nitrogens is 3. The van der Waals surface area contributed by atoms with Gasteiger partial charge in [-0.05, 0) is 37.8 Å². The highest BCUT2D eigenvalue weighted by molar-refractivity contribution is 6.04. The highest BCUT2D eigenvalue weighted by atomic mass is 16.5. The van der Waals surface area contributed by atoms with Crippen molar-refractivity contribution in [3.05, 3.63) is 29.8 Å². The van der Waals surface area contributed by atoms with E-state index in [0.29, 0.717) is 12.4 Å². The Hall–Kier alpha value is -2.47. The van der Waals surface area contributed by atoms with Crippen molar-refractivity contribution < 1.29 is 9.53 Å². The predicted octanol–water partition coefficient (Wildman–Crippen LogP) is 3.81. The third-order valence-electron chi connectivity index (χ3n) is 4.93. The summed E-state index contributed by atoms with van der Waals surface area (Å²) in [6.07, 6.45) is 3.41. The van der Waals surface area contributed by atoms with Gasteiger partial charge in [0.15, 0.2) is 11.5 Å². The maximum absolute atomic E-state index is 12.5. The summed E-state index contributed by atoms with van der Waals surface area (Å²) in [7, 11) is 0. The average Bonchev–Trinajstić information content (AvgIpc) is 3.28. The monoisotopic (exact) mass is 352 g/mol. The van der Waals surface area contributed by atoms with Gasteiger partial charge in [0.25, 0.3) is 5.91 Å². The molecular formula is C20H24N4O2. The Kier molecular flexibility index (Phi) is 4.59. The first-order chi connectivity index (χ1) is 12.7. The summed E-state index contributed by atoms with van der Waals surface area (Å²) in [5.74, 6) is 0.460. The summed E-state index contributed by atoms with van der Waals surface area (Å²) in [5, 5.41) is 9.56. The van der Waals surface area contributed by atoms with Crippen molar-refractivity contribution >= 4 is 33.7 Å². The molecule has 136 valence electrons. The number of hydrogen-bond acceptors (Lipinski definition) is 4. The quantitative estimate of drug-likeness (QED) is 0.758. The summed E-state index contributed by atoms with van der Waals surface area (Å²) in [5.41, 5.74) is 2.94. The molecule has 1 saturated heterocycles. The number of unbranched alkanes of at least 4 members (excludes halogenated alkanes) is 1. The number of carbonyl (C=O) groups is 1. The van der Waals surface area contributed by atoms with Crippen molar-refractivity contribution in [1.82, 2.24) is 14.8 Å². The summed E-state index contributed by atoms with van der Waals surface area (Å²) >= 11 is 0. The van der Waals surface area contributed by atoms with Gasteiger partial charge in [-0.3, -0.25) is 4.79 Å². The van der Waals surface area contributed by atoms with E-state index in [1.807, 2.05) is 16.8 Å². The third kappa shape index (κ3) is 3.05. The maximum Gasteiger partial charge on any atom is 0.254 e. The largest absolute Gasteiger partial charge is 0.368 e. The van der Waals surface area contributed by atoms with Crippen LogP contribution in [0, 0.1) is 6.92 Å². The first-order valence-corrected chi connectivity index (χ1v) is 9.36.